The molecule has 2 aliphatic heterocycles. The molecule has 9 nitrogen and oxygen atoms in total. The number of piperidine rings is 1. The first-order valence-electron chi connectivity index (χ1n) is 9.88. The molecule has 2 N–H and O–H groups in total. The first-order chi connectivity index (χ1) is 13.8. The Labute approximate surface area is 170 Å². The average Bonchev–Trinajstić information content (AvgIpc) is 3.24. The van der Waals surface area contributed by atoms with Crippen LogP contribution < -0.4 is 5.32 Å². The second-order valence-corrected chi connectivity index (χ2v) is 9.16. The molecule has 2 fully saturated rings. The number of phenolic OH excluding ortho intramolecular Hbond substituents is 1. The second-order valence-electron chi connectivity index (χ2n) is 7.22. The van der Waals surface area contributed by atoms with Crippen molar-refractivity contribution in [2.24, 2.45) is 0 Å². The lowest BCUT2D eigenvalue weighted by atomic mass is 10.0. The van der Waals surface area contributed by atoms with Crippen molar-refractivity contribution >= 4 is 22.0 Å². The topological polar surface area (TPSA) is 116 Å². The zero-order valence-electron chi connectivity index (χ0n) is 16.5. The van der Waals surface area contributed by atoms with Gasteiger partial charge in [-0.25, -0.2) is 13.2 Å². The van der Waals surface area contributed by atoms with Gasteiger partial charge in [-0.1, -0.05) is 0 Å². The van der Waals surface area contributed by atoms with E-state index < -0.39 is 15.9 Å². The molecular weight excluding hydrogens is 398 g/mol. The number of carbonyl (C=O) groups excluding carboxylic acids is 2. The molecule has 2 saturated heterocycles. The summed E-state index contributed by atoms with van der Waals surface area (Å²) in [5.74, 6) is -0.803. The predicted molar refractivity (Wildman–Crippen MR) is 105 cm³/mol. The molecule has 3 rings (SSSR count). The Morgan fingerprint density at radius 2 is 1.83 bits per heavy atom. The van der Waals surface area contributed by atoms with Crippen LogP contribution in [0.2, 0.25) is 0 Å². The minimum Gasteiger partial charge on any atom is -0.507 e. The molecule has 29 heavy (non-hydrogen) atoms. The molecule has 2 heterocycles. The van der Waals surface area contributed by atoms with E-state index in [4.69, 9.17) is 4.74 Å². The van der Waals surface area contributed by atoms with Gasteiger partial charge in [0.1, 0.15) is 5.75 Å². The minimum atomic E-state index is -3.68. The zero-order chi connectivity index (χ0) is 21.0. The minimum absolute atomic E-state index is 0.000481. The molecule has 0 spiro atoms. The monoisotopic (exact) mass is 425 g/mol. The molecular formula is C19H27N3O6S. The number of phenols is 1. The molecule has 10 heteroatoms. The summed E-state index contributed by atoms with van der Waals surface area (Å²) >= 11 is 0. The summed E-state index contributed by atoms with van der Waals surface area (Å²) in [4.78, 5) is 26.0. The Morgan fingerprint density at radius 3 is 2.45 bits per heavy atom. The van der Waals surface area contributed by atoms with Gasteiger partial charge in [-0.3, -0.25) is 4.79 Å². The van der Waals surface area contributed by atoms with Crippen LogP contribution in [0.25, 0.3) is 0 Å². The number of hydrogen-bond acceptors (Lipinski definition) is 6. The van der Waals surface area contributed by atoms with Gasteiger partial charge in [-0.2, -0.15) is 4.31 Å². The number of aromatic hydroxyl groups is 1. The van der Waals surface area contributed by atoms with E-state index in [0.717, 1.165) is 12.8 Å². The van der Waals surface area contributed by atoms with Crippen molar-refractivity contribution in [3.8, 4) is 5.75 Å². The van der Waals surface area contributed by atoms with Crippen LogP contribution in [0.5, 0.6) is 5.75 Å². The number of carbonyl (C=O) groups is 2. The Balaban J connectivity index is 1.66. The largest absolute Gasteiger partial charge is 0.507 e. The highest BCUT2D eigenvalue weighted by Gasteiger charge is 2.29. The maximum atomic E-state index is 12.7. The van der Waals surface area contributed by atoms with Gasteiger partial charge >= 0.3 is 6.09 Å². The highest BCUT2D eigenvalue weighted by atomic mass is 32.2. The number of likely N-dealkylation sites (tertiary alicyclic amines) is 1. The Kier molecular flexibility index (Phi) is 6.63. The van der Waals surface area contributed by atoms with Crippen molar-refractivity contribution in [2.75, 3.05) is 32.8 Å². The van der Waals surface area contributed by atoms with Crippen molar-refractivity contribution < 1.29 is 27.9 Å². The van der Waals surface area contributed by atoms with E-state index in [-0.39, 0.29) is 28.3 Å². The summed E-state index contributed by atoms with van der Waals surface area (Å²) in [6.07, 6.45) is 2.37. The molecule has 0 saturated carbocycles. The third-order valence-corrected chi connectivity index (χ3v) is 7.17. The molecule has 0 atom stereocenters. The summed E-state index contributed by atoms with van der Waals surface area (Å²) in [6.45, 7) is 3.90. The van der Waals surface area contributed by atoms with Crippen LogP contribution in [-0.4, -0.2) is 73.6 Å². The Bertz CT molecular complexity index is 859. The third-order valence-electron chi connectivity index (χ3n) is 5.27. The summed E-state index contributed by atoms with van der Waals surface area (Å²) in [7, 11) is -3.68. The van der Waals surface area contributed by atoms with Gasteiger partial charge in [-0.05, 0) is 50.8 Å². The number of amides is 2. The number of ether oxygens (including phenoxy) is 1. The summed E-state index contributed by atoms with van der Waals surface area (Å²) < 4.78 is 31.8. The first kappa shape index (κ1) is 21.4. The molecule has 0 aliphatic carbocycles. The summed E-state index contributed by atoms with van der Waals surface area (Å²) in [6, 6.07) is 3.61. The van der Waals surface area contributed by atoms with E-state index in [9.17, 15) is 23.1 Å². The smallest absolute Gasteiger partial charge is 0.409 e. The molecule has 0 bridgehead atoms. The van der Waals surface area contributed by atoms with Gasteiger partial charge in [-0.15, -0.1) is 0 Å². The number of hydrogen-bond donors (Lipinski definition) is 2. The van der Waals surface area contributed by atoms with Crippen LogP contribution in [0.15, 0.2) is 23.1 Å². The van der Waals surface area contributed by atoms with Crippen LogP contribution in [-0.2, 0) is 14.8 Å². The lowest BCUT2D eigenvalue weighted by Crippen LogP contribution is -2.46. The Hall–Kier alpha value is -2.33. The lowest BCUT2D eigenvalue weighted by Gasteiger charge is -2.31. The van der Waals surface area contributed by atoms with E-state index in [1.54, 1.807) is 11.8 Å². The molecule has 0 unspecified atom stereocenters. The van der Waals surface area contributed by atoms with Crippen molar-refractivity contribution in [3.05, 3.63) is 23.8 Å². The third kappa shape index (κ3) is 4.81. The number of rotatable bonds is 5. The highest BCUT2D eigenvalue weighted by molar-refractivity contribution is 7.89. The van der Waals surface area contributed by atoms with E-state index >= 15 is 0 Å². The molecule has 0 aromatic heterocycles. The highest BCUT2D eigenvalue weighted by Crippen LogP contribution is 2.26. The zero-order valence-corrected chi connectivity index (χ0v) is 17.3. The van der Waals surface area contributed by atoms with Gasteiger partial charge in [0, 0.05) is 32.2 Å². The molecule has 160 valence electrons. The van der Waals surface area contributed by atoms with Gasteiger partial charge in [0.25, 0.3) is 5.91 Å². The van der Waals surface area contributed by atoms with E-state index in [1.165, 1.54) is 22.5 Å². The van der Waals surface area contributed by atoms with E-state index in [2.05, 4.69) is 5.32 Å². The number of nitrogens with zero attached hydrogens (tertiary/aromatic N) is 2. The number of benzene rings is 1. The Morgan fingerprint density at radius 1 is 1.17 bits per heavy atom. The van der Waals surface area contributed by atoms with Crippen LogP contribution in [0.4, 0.5) is 4.79 Å². The standard InChI is InChI=1S/C19H27N3O6S/c1-2-28-19(25)21-11-7-14(8-12-21)20-18(24)16-13-15(5-6-17(16)23)29(26,27)22-9-3-4-10-22/h5-6,13-14,23H,2-4,7-12H2,1H3,(H,20,24). The number of sulfonamides is 1. The summed E-state index contributed by atoms with van der Waals surface area (Å²) in [5, 5.41) is 12.9. The van der Waals surface area contributed by atoms with Gasteiger partial charge in [0.05, 0.1) is 17.1 Å². The summed E-state index contributed by atoms with van der Waals surface area (Å²) in [5.41, 5.74) is -0.0712. The van der Waals surface area contributed by atoms with Gasteiger partial charge < -0.3 is 20.1 Å². The second kappa shape index (κ2) is 9.00. The van der Waals surface area contributed by atoms with Crippen LogP contribution in [0, 0.1) is 0 Å². The lowest BCUT2D eigenvalue weighted by molar-refractivity contribution is 0.0858. The molecule has 1 aromatic rings. The van der Waals surface area contributed by atoms with Crippen LogP contribution >= 0.6 is 0 Å². The maximum Gasteiger partial charge on any atom is 0.409 e. The fourth-order valence-corrected chi connectivity index (χ4v) is 5.16. The fraction of sp³-hybridized carbons (Fsp3) is 0.579. The first-order valence-corrected chi connectivity index (χ1v) is 11.3. The van der Waals surface area contributed by atoms with E-state index in [0.29, 0.717) is 45.6 Å². The number of nitrogens with one attached hydrogen (secondary N) is 1. The van der Waals surface area contributed by atoms with Gasteiger partial charge in [0.15, 0.2) is 0 Å². The van der Waals surface area contributed by atoms with Crippen molar-refractivity contribution in [1.29, 1.82) is 0 Å². The normalized spacial score (nSPS) is 18.6. The van der Waals surface area contributed by atoms with Crippen molar-refractivity contribution in [1.82, 2.24) is 14.5 Å². The van der Waals surface area contributed by atoms with Crippen LogP contribution in [0.3, 0.4) is 0 Å². The molecule has 2 aliphatic rings. The van der Waals surface area contributed by atoms with E-state index in [1.807, 2.05) is 0 Å². The maximum absolute atomic E-state index is 12.7. The molecule has 0 radical (unpaired) electrons. The molecule has 2 amide bonds. The predicted octanol–water partition coefficient (Wildman–Crippen LogP) is 1.53. The van der Waals surface area contributed by atoms with Crippen molar-refractivity contribution in [3.63, 3.8) is 0 Å². The average molecular weight is 426 g/mol. The quantitative estimate of drug-likeness (QED) is 0.739. The van der Waals surface area contributed by atoms with Crippen LogP contribution in [0.1, 0.15) is 43.0 Å². The fourth-order valence-electron chi connectivity index (χ4n) is 3.62. The molecule has 1 aromatic carbocycles. The van der Waals surface area contributed by atoms with Crippen molar-refractivity contribution in [2.45, 2.75) is 43.5 Å². The van der Waals surface area contributed by atoms with Gasteiger partial charge in [0.2, 0.25) is 10.0 Å². The SMILES string of the molecule is CCOC(=O)N1CCC(NC(=O)c2cc(S(=O)(=O)N3CCCC3)ccc2O)CC1.